The Balaban J connectivity index is 0.00000323. The number of H-pyrrole nitrogens is 1. The van der Waals surface area contributed by atoms with Gasteiger partial charge in [-0.2, -0.15) is 0 Å². The van der Waals surface area contributed by atoms with Gasteiger partial charge in [-0.3, -0.25) is 4.79 Å². The molecule has 0 bridgehead atoms. The maximum Gasteiger partial charge on any atom is 1.00 e. The first-order chi connectivity index (χ1) is 18.7. The number of aromatic nitrogens is 2. The standard InChI is InChI=1S/C28H23Cl3N4O3S.Li/c1-13-21(30)22(31)24(32-13)26(36)34-23-18-11-35(12-19(18)23)28-33-20(25(39-28)27(37)38)9-14-4-2-5-15(8-14)16-6-3-7-17(29)10-16;/h2-8,10,18-19,23,32H,9,11-12H2,1H3,(H,34,36)(H,37,38);/q;+1/p-1/t18-,19+,23?;. The molecular formula is C28H22Cl3LiN4O3S. The minimum atomic E-state index is -1.23. The summed E-state index contributed by atoms with van der Waals surface area (Å²) >= 11 is 19.6. The van der Waals surface area contributed by atoms with E-state index in [1.807, 2.05) is 48.5 Å². The molecule has 1 amide bonds. The average molecular weight is 608 g/mol. The van der Waals surface area contributed by atoms with Gasteiger partial charge in [0.05, 0.1) is 26.6 Å². The van der Waals surface area contributed by atoms with E-state index in [0.29, 0.717) is 46.1 Å². The molecule has 0 spiro atoms. The summed E-state index contributed by atoms with van der Waals surface area (Å²) < 4.78 is 0. The van der Waals surface area contributed by atoms with Crippen molar-refractivity contribution in [2.45, 2.75) is 19.4 Å². The Morgan fingerprint density at radius 2 is 1.75 bits per heavy atom. The molecule has 2 aromatic heterocycles. The number of carboxylic acid groups (broad SMARTS) is 1. The van der Waals surface area contributed by atoms with E-state index in [0.717, 1.165) is 28.0 Å². The molecule has 200 valence electrons. The smallest absolute Gasteiger partial charge is 0.544 e. The first-order valence-corrected chi connectivity index (χ1v) is 14.3. The van der Waals surface area contributed by atoms with Crippen LogP contribution in [-0.4, -0.2) is 41.0 Å². The summed E-state index contributed by atoms with van der Waals surface area (Å²) in [5.74, 6) is -0.998. The van der Waals surface area contributed by atoms with Crippen molar-refractivity contribution in [3.63, 3.8) is 0 Å². The molecule has 2 aromatic carbocycles. The Labute approximate surface area is 262 Å². The molecule has 1 saturated carbocycles. The van der Waals surface area contributed by atoms with Crippen LogP contribution in [0.5, 0.6) is 0 Å². The third-order valence-electron chi connectivity index (χ3n) is 7.37. The first-order valence-electron chi connectivity index (χ1n) is 12.3. The van der Waals surface area contributed by atoms with Gasteiger partial charge in [0.25, 0.3) is 5.91 Å². The Kier molecular flexibility index (Phi) is 8.31. The number of aryl methyl sites for hydroxylation is 1. The van der Waals surface area contributed by atoms with Gasteiger partial charge in [-0.1, -0.05) is 82.5 Å². The molecule has 12 heteroatoms. The van der Waals surface area contributed by atoms with Crippen molar-refractivity contribution in [1.82, 2.24) is 15.3 Å². The summed E-state index contributed by atoms with van der Waals surface area (Å²) in [4.78, 5) is 34.5. The number of rotatable bonds is 7. The summed E-state index contributed by atoms with van der Waals surface area (Å²) in [5.41, 5.74) is 4.32. The quantitative estimate of drug-likeness (QED) is 0.314. The predicted molar refractivity (Wildman–Crippen MR) is 152 cm³/mol. The summed E-state index contributed by atoms with van der Waals surface area (Å²) in [6.07, 6.45) is 0.368. The van der Waals surface area contributed by atoms with E-state index in [1.165, 1.54) is 0 Å². The number of carbonyl (C=O) groups excluding carboxylic acids is 2. The average Bonchev–Trinajstić information content (AvgIpc) is 3.27. The van der Waals surface area contributed by atoms with Crippen LogP contribution >= 0.6 is 46.1 Å². The number of carbonyl (C=O) groups is 2. The van der Waals surface area contributed by atoms with Gasteiger partial charge < -0.3 is 25.1 Å². The monoisotopic (exact) mass is 606 g/mol. The summed E-state index contributed by atoms with van der Waals surface area (Å²) in [5, 5.41) is 16.9. The van der Waals surface area contributed by atoms with Gasteiger partial charge in [0, 0.05) is 48.1 Å². The van der Waals surface area contributed by atoms with Gasteiger partial charge in [0.15, 0.2) is 5.13 Å². The fraction of sp³-hybridized carbons (Fsp3) is 0.250. The van der Waals surface area contributed by atoms with Gasteiger partial charge in [-0.05, 0) is 35.7 Å². The van der Waals surface area contributed by atoms with Crippen LogP contribution in [0.25, 0.3) is 11.1 Å². The molecule has 4 aromatic rings. The number of amides is 1. The SMILES string of the molecule is Cc1[nH]c(C(=O)NC2[C@H]3CN(c4nc(Cc5cccc(-c6cccc(Cl)c6)c5)c(C(=O)[O-])s4)C[C@@H]23)c(Cl)c1Cl.[Li+]. The third kappa shape index (κ3) is 5.54. The number of hydrogen-bond donors (Lipinski definition) is 2. The van der Waals surface area contributed by atoms with Crippen LogP contribution in [0.3, 0.4) is 0 Å². The van der Waals surface area contributed by atoms with E-state index >= 15 is 0 Å². The second-order valence-electron chi connectivity index (χ2n) is 9.93. The van der Waals surface area contributed by atoms with Crippen molar-refractivity contribution >= 4 is 63.1 Å². The maximum absolute atomic E-state index is 12.7. The molecule has 1 unspecified atom stereocenters. The number of thiazole rings is 1. The van der Waals surface area contributed by atoms with Crippen molar-refractivity contribution in [2.24, 2.45) is 11.8 Å². The number of carboxylic acids is 1. The largest absolute Gasteiger partial charge is 1.00 e. The van der Waals surface area contributed by atoms with Crippen molar-refractivity contribution in [3.05, 3.63) is 91.1 Å². The summed E-state index contributed by atoms with van der Waals surface area (Å²) in [7, 11) is 0. The predicted octanol–water partition coefficient (Wildman–Crippen LogP) is 2.23. The van der Waals surface area contributed by atoms with Crippen LogP contribution in [-0.2, 0) is 6.42 Å². The zero-order chi connectivity index (χ0) is 27.4. The number of benzene rings is 2. The second kappa shape index (κ2) is 11.4. The van der Waals surface area contributed by atoms with Gasteiger partial charge >= 0.3 is 18.9 Å². The van der Waals surface area contributed by atoms with Gasteiger partial charge in [0.1, 0.15) is 5.69 Å². The van der Waals surface area contributed by atoms with Gasteiger partial charge in [-0.25, -0.2) is 4.98 Å². The molecule has 7 nitrogen and oxygen atoms in total. The number of halogens is 3. The zero-order valence-corrected chi connectivity index (χ0v) is 24.7. The Hall–Kier alpha value is -2.44. The maximum atomic E-state index is 12.7. The molecule has 1 saturated heterocycles. The zero-order valence-electron chi connectivity index (χ0n) is 21.6. The number of anilines is 1. The molecule has 2 N–H and O–H groups in total. The number of nitrogens with one attached hydrogen (secondary N) is 2. The molecule has 40 heavy (non-hydrogen) atoms. The van der Waals surface area contributed by atoms with Gasteiger partial charge in [-0.15, -0.1) is 0 Å². The number of aromatic amines is 1. The Morgan fingerprint density at radius 3 is 2.38 bits per heavy atom. The molecular weight excluding hydrogens is 586 g/mol. The van der Waals surface area contributed by atoms with Crippen LogP contribution in [0, 0.1) is 18.8 Å². The molecule has 1 aliphatic carbocycles. The molecule has 6 rings (SSSR count). The van der Waals surface area contributed by atoms with Crippen molar-refractivity contribution in [1.29, 1.82) is 0 Å². The van der Waals surface area contributed by atoms with Crippen LogP contribution in [0.1, 0.15) is 37.1 Å². The van der Waals surface area contributed by atoms with Crippen LogP contribution in [0.2, 0.25) is 15.1 Å². The second-order valence-corrected chi connectivity index (χ2v) is 12.1. The number of aromatic carboxylic acids is 1. The van der Waals surface area contributed by atoms with E-state index in [4.69, 9.17) is 39.8 Å². The minimum absolute atomic E-state index is 0. The van der Waals surface area contributed by atoms with E-state index in [1.54, 1.807) is 6.92 Å². The number of nitrogens with zero attached hydrogens (tertiary/aromatic N) is 2. The summed E-state index contributed by atoms with van der Waals surface area (Å²) in [6, 6.07) is 15.5. The van der Waals surface area contributed by atoms with E-state index in [2.05, 4.69) is 15.2 Å². The fourth-order valence-electron chi connectivity index (χ4n) is 5.32. The van der Waals surface area contributed by atoms with E-state index in [-0.39, 0.29) is 58.2 Å². The van der Waals surface area contributed by atoms with Crippen LogP contribution in [0.4, 0.5) is 5.13 Å². The third-order valence-corrected chi connectivity index (χ3v) is 9.69. The van der Waals surface area contributed by atoms with E-state index < -0.39 is 5.97 Å². The normalized spacial score (nSPS) is 19.2. The minimum Gasteiger partial charge on any atom is -0.544 e. The van der Waals surface area contributed by atoms with Crippen molar-refractivity contribution in [3.8, 4) is 11.1 Å². The number of piperidine rings is 1. The topological polar surface area (TPSA) is 101 Å². The molecule has 3 atom stereocenters. The van der Waals surface area contributed by atoms with Crippen molar-refractivity contribution in [2.75, 3.05) is 18.0 Å². The number of hydrogen-bond acceptors (Lipinski definition) is 6. The molecule has 1 aliphatic heterocycles. The molecule has 3 heterocycles. The molecule has 0 radical (unpaired) electrons. The Bertz CT molecular complexity index is 1610. The number of fused-ring (bicyclic) bond motifs is 1. The first kappa shape index (κ1) is 29.1. The van der Waals surface area contributed by atoms with Gasteiger partial charge in [0.2, 0.25) is 0 Å². The van der Waals surface area contributed by atoms with Crippen LogP contribution < -0.4 is 34.2 Å². The van der Waals surface area contributed by atoms with Crippen LogP contribution in [0.15, 0.2) is 48.5 Å². The van der Waals surface area contributed by atoms with E-state index in [9.17, 15) is 14.7 Å². The molecule has 2 aliphatic rings. The van der Waals surface area contributed by atoms with Crippen molar-refractivity contribution < 1.29 is 33.6 Å². The fourth-order valence-corrected chi connectivity index (χ4v) is 6.87. The molecule has 2 fully saturated rings. The Morgan fingerprint density at radius 1 is 1.07 bits per heavy atom. The summed E-state index contributed by atoms with van der Waals surface area (Å²) in [6.45, 7) is 3.11.